The lowest BCUT2D eigenvalue weighted by Gasteiger charge is -2.04. The van der Waals surface area contributed by atoms with Crippen LogP contribution in [0.25, 0.3) is 29.9 Å². The molecular formula is C39H54OS3. The fourth-order valence-electron chi connectivity index (χ4n) is 5.95. The third-order valence-corrected chi connectivity index (χ3v) is 12.2. The molecule has 3 heterocycles. The maximum Gasteiger partial charge on any atom is 0.118 e. The summed E-state index contributed by atoms with van der Waals surface area (Å²) in [6, 6.07) is 18.1. The predicted molar refractivity (Wildman–Crippen MR) is 196 cm³/mol. The molecule has 1 nitrogen and oxygen atoms in total. The smallest absolute Gasteiger partial charge is 0.118 e. The summed E-state index contributed by atoms with van der Waals surface area (Å²) in [4.78, 5) is 7.24. The molecule has 4 aromatic rings. The molecule has 0 unspecified atom stereocenters. The Labute approximate surface area is 274 Å². The molecule has 1 aromatic carbocycles. The van der Waals surface area contributed by atoms with Crippen LogP contribution in [0.3, 0.4) is 0 Å². The monoisotopic (exact) mass is 634 g/mol. The zero-order valence-electron chi connectivity index (χ0n) is 27.1. The fourth-order valence-corrected chi connectivity index (χ4v) is 9.43. The summed E-state index contributed by atoms with van der Waals surface area (Å²) in [5, 5.41) is 2.32. The number of hydrogen-bond acceptors (Lipinski definition) is 4. The van der Waals surface area contributed by atoms with E-state index in [2.05, 4.69) is 67.8 Å². The Morgan fingerprint density at radius 3 is 1.67 bits per heavy atom. The van der Waals surface area contributed by atoms with Crippen molar-refractivity contribution in [2.45, 2.75) is 129 Å². The van der Waals surface area contributed by atoms with Crippen LogP contribution in [0.1, 0.15) is 128 Å². The normalized spacial score (nSPS) is 11.4. The first kappa shape index (κ1) is 34.0. The second-order valence-corrected chi connectivity index (χ2v) is 15.1. The molecule has 234 valence electrons. The standard InChI is InChI=1S/C39H54OS3/c1-4-6-8-10-12-14-16-18-20-32-28-29-41-38(32)37-30-33(21-19-17-15-13-11-9-7-5-2)39(43-37)36-27-26-35(42-36)31-22-24-34(40-3)25-23-31/h22-30H,4-21H2,1-3H3. The molecule has 0 amide bonds. The van der Waals surface area contributed by atoms with Crippen LogP contribution in [0.15, 0.2) is 53.9 Å². The van der Waals surface area contributed by atoms with E-state index in [1.807, 2.05) is 34.0 Å². The van der Waals surface area contributed by atoms with E-state index >= 15 is 0 Å². The molecule has 0 radical (unpaired) electrons. The number of thiophene rings is 3. The topological polar surface area (TPSA) is 9.23 Å². The minimum atomic E-state index is 0.912. The summed E-state index contributed by atoms with van der Waals surface area (Å²) in [7, 11) is 1.73. The lowest BCUT2D eigenvalue weighted by atomic mass is 10.0. The van der Waals surface area contributed by atoms with Gasteiger partial charge in [-0.15, -0.1) is 34.0 Å². The summed E-state index contributed by atoms with van der Waals surface area (Å²) in [6.45, 7) is 4.60. The van der Waals surface area contributed by atoms with Crippen molar-refractivity contribution >= 4 is 34.0 Å². The summed E-state index contributed by atoms with van der Waals surface area (Å²) < 4.78 is 5.38. The second-order valence-electron chi connectivity index (χ2n) is 12.1. The quantitative estimate of drug-likeness (QED) is 0.0782. The molecule has 0 spiro atoms. The highest BCUT2D eigenvalue weighted by molar-refractivity contribution is 7.27. The number of benzene rings is 1. The van der Waals surface area contributed by atoms with Gasteiger partial charge in [0, 0.05) is 24.4 Å². The molecule has 0 atom stereocenters. The van der Waals surface area contributed by atoms with Gasteiger partial charge in [0.1, 0.15) is 5.75 Å². The van der Waals surface area contributed by atoms with Crippen LogP contribution in [0.2, 0.25) is 0 Å². The van der Waals surface area contributed by atoms with Gasteiger partial charge in [0.2, 0.25) is 0 Å². The van der Waals surface area contributed by atoms with E-state index in [0.717, 1.165) is 5.75 Å². The van der Waals surface area contributed by atoms with Gasteiger partial charge in [0.15, 0.2) is 0 Å². The van der Waals surface area contributed by atoms with Crippen molar-refractivity contribution in [1.29, 1.82) is 0 Å². The maximum absolute atomic E-state index is 5.38. The van der Waals surface area contributed by atoms with E-state index in [0.29, 0.717) is 0 Å². The van der Waals surface area contributed by atoms with Gasteiger partial charge in [-0.3, -0.25) is 0 Å². The summed E-state index contributed by atoms with van der Waals surface area (Å²) >= 11 is 5.91. The van der Waals surface area contributed by atoms with Gasteiger partial charge in [-0.2, -0.15) is 0 Å². The van der Waals surface area contributed by atoms with Crippen LogP contribution in [-0.2, 0) is 12.8 Å². The molecule has 0 aliphatic carbocycles. The van der Waals surface area contributed by atoms with Crippen molar-refractivity contribution in [3.8, 4) is 35.7 Å². The van der Waals surface area contributed by atoms with Crippen molar-refractivity contribution < 1.29 is 4.74 Å². The van der Waals surface area contributed by atoms with Gasteiger partial charge in [-0.05, 0) is 96.3 Å². The molecule has 0 bridgehead atoms. The van der Waals surface area contributed by atoms with Gasteiger partial charge in [0.25, 0.3) is 0 Å². The largest absolute Gasteiger partial charge is 0.497 e. The van der Waals surface area contributed by atoms with E-state index < -0.39 is 0 Å². The minimum Gasteiger partial charge on any atom is -0.497 e. The Morgan fingerprint density at radius 1 is 0.512 bits per heavy atom. The number of aryl methyl sites for hydroxylation is 2. The predicted octanol–water partition coefficient (Wildman–Crippen LogP) is 14.2. The van der Waals surface area contributed by atoms with Gasteiger partial charge in [0.05, 0.1) is 7.11 Å². The van der Waals surface area contributed by atoms with E-state index in [9.17, 15) is 0 Å². The third kappa shape index (κ3) is 10.9. The van der Waals surface area contributed by atoms with E-state index in [1.165, 1.54) is 146 Å². The van der Waals surface area contributed by atoms with Crippen molar-refractivity contribution in [2.24, 2.45) is 0 Å². The lowest BCUT2D eigenvalue weighted by molar-refractivity contribution is 0.415. The maximum atomic E-state index is 5.38. The molecule has 0 N–H and O–H groups in total. The number of unbranched alkanes of at least 4 members (excludes halogenated alkanes) is 14. The van der Waals surface area contributed by atoms with Crippen molar-refractivity contribution in [3.05, 3.63) is 65.0 Å². The van der Waals surface area contributed by atoms with Gasteiger partial charge < -0.3 is 4.74 Å². The molecule has 0 fully saturated rings. The molecular weight excluding hydrogens is 581 g/mol. The Balaban J connectivity index is 1.43. The third-order valence-electron chi connectivity index (χ3n) is 8.58. The first-order valence-electron chi connectivity index (χ1n) is 17.2. The first-order valence-corrected chi connectivity index (χ1v) is 19.7. The number of ether oxygens (including phenoxy) is 1. The van der Waals surface area contributed by atoms with Crippen LogP contribution in [0, 0.1) is 0 Å². The summed E-state index contributed by atoms with van der Waals surface area (Å²) in [5.41, 5.74) is 4.39. The Bertz CT molecular complexity index is 1290. The zero-order chi connectivity index (χ0) is 30.1. The summed E-state index contributed by atoms with van der Waals surface area (Å²) in [5.74, 6) is 0.912. The highest BCUT2D eigenvalue weighted by atomic mass is 32.1. The highest BCUT2D eigenvalue weighted by Crippen LogP contribution is 2.45. The van der Waals surface area contributed by atoms with E-state index in [-0.39, 0.29) is 0 Å². The van der Waals surface area contributed by atoms with E-state index in [1.54, 1.807) is 18.2 Å². The SMILES string of the molecule is CCCCCCCCCCc1ccsc1-c1cc(CCCCCCCCCC)c(-c2ccc(-c3ccc(OC)cc3)s2)s1. The highest BCUT2D eigenvalue weighted by Gasteiger charge is 2.17. The van der Waals surface area contributed by atoms with Gasteiger partial charge in [-0.1, -0.05) is 104 Å². The average molecular weight is 635 g/mol. The van der Waals surface area contributed by atoms with Crippen LogP contribution >= 0.6 is 34.0 Å². The number of methoxy groups -OCH3 is 1. The zero-order valence-corrected chi connectivity index (χ0v) is 29.5. The van der Waals surface area contributed by atoms with Crippen LogP contribution < -0.4 is 4.74 Å². The molecule has 4 heteroatoms. The van der Waals surface area contributed by atoms with Gasteiger partial charge >= 0.3 is 0 Å². The van der Waals surface area contributed by atoms with E-state index in [4.69, 9.17) is 4.74 Å². The number of rotatable bonds is 22. The van der Waals surface area contributed by atoms with Gasteiger partial charge in [-0.25, -0.2) is 0 Å². The molecule has 0 saturated heterocycles. The average Bonchev–Trinajstić information content (AvgIpc) is 3.80. The minimum absolute atomic E-state index is 0.912. The molecule has 4 rings (SSSR count). The Kier molecular flexibility index (Phi) is 15.4. The molecule has 3 aromatic heterocycles. The van der Waals surface area contributed by atoms with Crippen LogP contribution in [-0.4, -0.2) is 7.11 Å². The lowest BCUT2D eigenvalue weighted by Crippen LogP contribution is -1.87. The first-order chi connectivity index (χ1) is 21.2. The Hall–Kier alpha value is -1.88. The summed E-state index contributed by atoms with van der Waals surface area (Å²) in [6.07, 6.45) is 24.4. The molecule has 0 aliphatic rings. The Morgan fingerprint density at radius 2 is 1.07 bits per heavy atom. The fraction of sp³-hybridized carbons (Fsp3) is 0.538. The second kappa shape index (κ2) is 19.5. The van der Waals surface area contributed by atoms with Crippen molar-refractivity contribution in [2.75, 3.05) is 7.11 Å². The molecule has 43 heavy (non-hydrogen) atoms. The molecule has 0 saturated carbocycles. The van der Waals surface area contributed by atoms with Crippen LogP contribution in [0.4, 0.5) is 0 Å². The van der Waals surface area contributed by atoms with Crippen LogP contribution in [0.5, 0.6) is 5.75 Å². The molecule has 0 aliphatic heterocycles. The van der Waals surface area contributed by atoms with Crippen molar-refractivity contribution in [1.82, 2.24) is 0 Å². The van der Waals surface area contributed by atoms with Crippen molar-refractivity contribution in [3.63, 3.8) is 0 Å². The number of hydrogen-bond donors (Lipinski definition) is 0.